The van der Waals surface area contributed by atoms with Crippen molar-refractivity contribution in [3.05, 3.63) is 35.9 Å². The molecule has 26 heavy (non-hydrogen) atoms. The van der Waals surface area contributed by atoms with E-state index >= 15 is 0 Å². The maximum atomic E-state index is 12.8. The van der Waals surface area contributed by atoms with Crippen molar-refractivity contribution in [1.29, 1.82) is 0 Å². The zero-order valence-corrected chi connectivity index (χ0v) is 15.1. The number of carbonyl (C=O) groups is 3. The lowest BCUT2D eigenvalue weighted by Gasteiger charge is -2.26. The minimum Gasteiger partial charge on any atom is -0.336 e. The van der Waals surface area contributed by atoms with Gasteiger partial charge in [0.05, 0.1) is 17.9 Å². The second-order valence-electron chi connectivity index (χ2n) is 7.73. The van der Waals surface area contributed by atoms with Gasteiger partial charge < -0.3 is 4.90 Å². The fourth-order valence-electron chi connectivity index (χ4n) is 4.89. The number of likely N-dealkylation sites (tertiary alicyclic amines) is 2. The van der Waals surface area contributed by atoms with Crippen molar-refractivity contribution < 1.29 is 14.4 Å². The third-order valence-corrected chi connectivity index (χ3v) is 6.24. The first kappa shape index (κ1) is 17.3. The van der Waals surface area contributed by atoms with E-state index in [0.29, 0.717) is 0 Å². The van der Waals surface area contributed by atoms with Crippen LogP contribution in [0.25, 0.3) is 0 Å². The zero-order valence-electron chi connectivity index (χ0n) is 15.1. The molecule has 3 amide bonds. The summed E-state index contributed by atoms with van der Waals surface area (Å²) in [4.78, 5) is 41.2. The molecule has 0 radical (unpaired) electrons. The van der Waals surface area contributed by atoms with Crippen LogP contribution in [0.15, 0.2) is 30.3 Å². The van der Waals surface area contributed by atoms with E-state index in [4.69, 9.17) is 0 Å². The van der Waals surface area contributed by atoms with Crippen LogP contribution in [0.3, 0.4) is 0 Å². The number of benzene rings is 1. The predicted molar refractivity (Wildman–Crippen MR) is 96.9 cm³/mol. The first-order valence-electron chi connectivity index (χ1n) is 9.86. The van der Waals surface area contributed by atoms with Gasteiger partial charge in [-0.1, -0.05) is 43.2 Å². The minimum atomic E-state index is -0.129. The summed E-state index contributed by atoms with van der Waals surface area (Å²) in [7, 11) is 0. The van der Waals surface area contributed by atoms with Gasteiger partial charge in [0, 0.05) is 19.5 Å². The van der Waals surface area contributed by atoms with Crippen molar-refractivity contribution in [2.45, 2.75) is 51.0 Å². The Hall–Kier alpha value is -2.17. The zero-order chi connectivity index (χ0) is 18.1. The molecule has 3 atom stereocenters. The number of hydrogen-bond acceptors (Lipinski definition) is 3. The van der Waals surface area contributed by atoms with E-state index in [2.05, 4.69) is 12.1 Å². The Kier molecular flexibility index (Phi) is 4.79. The van der Waals surface area contributed by atoms with E-state index in [1.165, 1.54) is 4.90 Å². The molecule has 1 aromatic carbocycles. The molecule has 2 aliphatic heterocycles. The lowest BCUT2D eigenvalue weighted by Crippen LogP contribution is -2.37. The van der Waals surface area contributed by atoms with Gasteiger partial charge in [-0.25, -0.2) is 0 Å². The molecule has 3 aliphatic rings. The first-order valence-corrected chi connectivity index (χ1v) is 9.86. The summed E-state index contributed by atoms with van der Waals surface area (Å²) in [6.45, 7) is 0.993. The molecular weight excluding hydrogens is 328 g/mol. The van der Waals surface area contributed by atoms with Crippen LogP contribution in [-0.2, 0) is 14.4 Å². The van der Waals surface area contributed by atoms with E-state index in [0.717, 1.165) is 50.6 Å². The van der Waals surface area contributed by atoms with Crippen LogP contribution in [0.5, 0.6) is 0 Å². The van der Waals surface area contributed by atoms with Gasteiger partial charge >= 0.3 is 0 Å². The normalized spacial score (nSPS) is 28.5. The Morgan fingerprint density at radius 2 is 1.58 bits per heavy atom. The van der Waals surface area contributed by atoms with Gasteiger partial charge in [0.15, 0.2) is 0 Å². The van der Waals surface area contributed by atoms with E-state index in [9.17, 15) is 14.4 Å². The van der Waals surface area contributed by atoms with Crippen molar-refractivity contribution in [1.82, 2.24) is 9.80 Å². The molecular formula is C21H26N2O3. The summed E-state index contributed by atoms with van der Waals surface area (Å²) in [5.74, 6) is -0.306. The average Bonchev–Trinajstić information content (AvgIpc) is 3.26. The number of rotatable bonds is 4. The lowest BCUT2D eigenvalue weighted by atomic mass is 9.81. The Morgan fingerprint density at radius 3 is 2.23 bits per heavy atom. The van der Waals surface area contributed by atoms with Crippen LogP contribution < -0.4 is 0 Å². The maximum Gasteiger partial charge on any atom is 0.233 e. The quantitative estimate of drug-likeness (QED) is 0.781. The molecule has 0 spiro atoms. The van der Waals surface area contributed by atoms with Crippen LogP contribution in [0.2, 0.25) is 0 Å². The van der Waals surface area contributed by atoms with Gasteiger partial charge in [-0.15, -0.1) is 0 Å². The molecule has 1 aliphatic carbocycles. The fraction of sp³-hybridized carbons (Fsp3) is 0.571. The van der Waals surface area contributed by atoms with E-state index < -0.39 is 0 Å². The molecule has 3 fully saturated rings. The number of nitrogens with zero attached hydrogens (tertiary/aromatic N) is 2. The van der Waals surface area contributed by atoms with Crippen molar-refractivity contribution in [3.8, 4) is 0 Å². The van der Waals surface area contributed by atoms with Crippen molar-refractivity contribution in [2.24, 2.45) is 11.8 Å². The molecule has 0 aromatic heterocycles. The molecule has 0 bridgehead atoms. The molecule has 138 valence electrons. The highest BCUT2D eigenvalue weighted by Gasteiger charge is 2.48. The monoisotopic (exact) mass is 354 g/mol. The second kappa shape index (κ2) is 7.22. The Bertz CT molecular complexity index is 678. The van der Waals surface area contributed by atoms with Gasteiger partial charge in [0.2, 0.25) is 17.7 Å². The maximum absolute atomic E-state index is 12.8. The summed E-state index contributed by atoms with van der Waals surface area (Å²) in [5, 5.41) is 0. The standard InChI is InChI=1S/C21H26N2O3/c24-19(22-13-6-11-18(22)15-7-2-1-3-8-15)12-14-23-20(25)16-9-4-5-10-17(16)21(23)26/h1-3,7-8,16-18H,4-6,9-14H2. The lowest BCUT2D eigenvalue weighted by molar-refractivity contribution is -0.141. The Labute approximate surface area is 154 Å². The van der Waals surface area contributed by atoms with Gasteiger partial charge in [0.1, 0.15) is 0 Å². The highest BCUT2D eigenvalue weighted by molar-refractivity contribution is 6.05. The van der Waals surface area contributed by atoms with Crippen molar-refractivity contribution in [3.63, 3.8) is 0 Å². The largest absolute Gasteiger partial charge is 0.336 e. The number of carbonyl (C=O) groups excluding carboxylic acids is 3. The smallest absolute Gasteiger partial charge is 0.233 e. The van der Waals surface area contributed by atoms with E-state index in [-0.39, 0.29) is 48.6 Å². The summed E-state index contributed by atoms with van der Waals surface area (Å²) in [5.41, 5.74) is 1.16. The second-order valence-corrected chi connectivity index (χ2v) is 7.73. The van der Waals surface area contributed by atoms with Crippen LogP contribution in [0, 0.1) is 11.8 Å². The topological polar surface area (TPSA) is 57.7 Å². The minimum absolute atomic E-state index is 0.0477. The first-order chi connectivity index (χ1) is 12.7. The SMILES string of the molecule is O=C1C2CCCCC2C(=O)N1CCC(=O)N1CCCC1c1ccccc1. The Balaban J connectivity index is 1.39. The summed E-state index contributed by atoms with van der Waals surface area (Å²) in [6.07, 6.45) is 5.90. The third-order valence-electron chi connectivity index (χ3n) is 6.24. The van der Waals surface area contributed by atoms with Gasteiger partial charge in [-0.05, 0) is 31.2 Å². The molecule has 3 unspecified atom stereocenters. The van der Waals surface area contributed by atoms with Crippen LogP contribution >= 0.6 is 0 Å². The summed E-state index contributed by atoms with van der Waals surface area (Å²) < 4.78 is 0. The molecule has 2 heterocycles. The average molecular weight is 354 g/mol. The fourth-order valence-corrected chi connectivity index (χ4v) is 4.89. The molecule has 2 saturated heterocycles. The molecule has 0 N–H and O–H groups in total. The van der Waals surface area contributed by atoms with Crippen LogP contribution in [0.4, 0.5) is 0 Å². The van der Waals surface area contributed by atoms with Crippen molar-refractivity contribution in [2.75, 3.05) is 13.1 Å². The summed E-state index contributed by atoms with van der Waals surface area (Å²) in [6, 6.07) is 10.2. The molecule has 1 saturated carbocycles. The summed E-state index contributed by atoms with van der Waals surface area (Å²) >= 11 is 0. The van der Waals surface area contributed by atoms with Gasteiger partial charge in [-0.2, -0.15) is 0 Å². The highest BCUT2D eigenvalue weighted by atomic mass is 16.2. The number of hydrogen-bond donors (Lipinski definition) is 0. The number of fused-ring (bicyclic) bond motifs is 1. The molecule has 1 aromatic rings. The molecule has 4 rings (SSSR count). The third kappa shape index (κ3) is 3.04. The van der Waals surface area contributed by atoms with Gasteiger partial charge in [0.25, 0.3) is 0 Å². The number of amides is 3. The van der Waals surface area contributed by atoms with Crippen molar-refractivity contribution >= 4 is 17.7 Å². The predicted octanol–water partition coefficient (Wildman–Crippen LogP) is 2.92. The number of imide groups is 1. The van der Waals surface area contributed by atoms with E-state index in [1.807, 2.05) is 23.1 Å². The molecule has 5 nitrogen and oxygen atoms in total. The van der Waals surface area contributed by atoms with Crippen LogP contribution in [-0.4, -0.2) is 40.6 Å². The Morgan fingerprint density at radius 1 is 0.923 bits per heavy atom. The van der Waals surface area contributed by atoms with E-state index in [1.54, 1.807) is 0 Å². The molecule has 5 heteroatoms. The van der Waals surface area contributed by atoms with Gasteiger partial charge in [-0.3, -0.25) is 19.3 Å². The van der Waals surface area contributed by atoms with Crippen LogP contribution in [0.1, 0.15) is 56.6 Å². The highest BCUT2D eigenvalue weighted by Crippen LogP contribution is 2.38.